The fourth-order valence-electron chi connectivity index (χ4n) is 4.33. The Morgan fingerprint density at radius 1 is 0.968 bits per heavy atom. The summed E-state index contributed by atoms with van der Waals surface area (Å²) in [5, 5.41) is 8.71. The van der Waals surface area contributed by atoms with Crippen LogP contribution < -0.4 is 10.1 Å². The molecule has 0 bridgehead atoms. The van der Waals surface area contributed by atoms with Crippen LogP contribution in [0.1, 0.15) is 28.8 Å². The van der Waals surface area contributed by atoms with Crippen molar-refractivity contribution in [3.8, 4) is 5.75 Å². The first-order chi connectivity index (χ1) is 15.2. The van der Waals surface area contributed by atoms with Gasteiger partial charge in [-0.05, 0) is 35.9 Å². The highest BCUT2D eigenvalue weighted by atomic mass is 79.9. The van der Waals surface area contributed by atoms with Crippen LogP contribution in [0.4, 0.5) is 5.95 Å². The molecule has 1 aromatic heterocycles. The van der Waals surface area contributed by atoms with Gasteiger partial charge in [0.15, 0.2) is 6.10 Å². The van der Waals surface area contributed by atoms with Crippen LogP contribution in [0.2, 0.25) is 5.02 Å². The van der Waals surface area contributed by atoms with E-state index < -0.39 is 0 Å². The summed E-state index contributed by atoms with van der Waals surface area (Å²) in [6.45, 7) is 0. The van der Waals surface area contributed by atoms with Crippen molar-refractivity contribution >= 4 is 39.2 Å². The Hall–Kier alpha value is -3.09. The molecule has 0 aliphatic carbocycles. The van der Waals surface area contributed by atoms with Gasteiger partial charge in [0, 0.05) is 26.2 Å². The van der Waals surface area contributed by atoms with Crippen molar-refractivity contribution in [3.63, 3.8) is 0 Å². The van der Waals surface area contributed by atoms with Crippen LogP contribution in [0.5, 0.6) is 5.75 Å². The van der Waals surface area contributed by atoms with Gasteiger partial charge in [0.05, 0.1) is 5.70 Å². The molecule has 4 aromatic rings. The van der Waals surface area contributed by atoms with Crippen molar-refractivity contribution in [2.24, 2.45) is 0 Å². The van der Waals surface area contributed by atoms with Gasteiger partial charge in [0.25, 0.3) is 0 Å². The number of anilines is 1. The molecule has 0 saturated carbocycles. The fraction of sp³-hybridized carbons (Fsp3) is 0.0833. The molecule has 31 heavy (non-hydrogen) atoms. The van der Waals surface area contributed by atoms with Crippen molar-refractivity contribution in [1.82, 2.24) is 14.8 Å². The highest BCUT2D eigenvalue weighted by molar-refractivity contribution is 9.10. The average Bonchev–Trinajstić information content (AvgIpc) is 3.27. The Morgan fingerprint density at radius 3 is 2.58 bits per heavy atom. The molecule has 2 atom stereocenters. The van der Waals surface area contributed by atoms with Crippen LogP contribution in [0.3, 0.4) is 0 Å². The van der Waals surface area contributed by atoms with E-state index in [2.05, 4.69) is 49.5 Å². The number of fused-ring (bicyclic) bond motifs is 3. The molecule has 0 amide bonds. The molecule has 152 valence electrons. The predicted octanol–water partition coefficient (Wildman–Crippen LogP) is 6.25. The first kappa shape index (κ1) is 18.7. The van der Waals surface area contributed by atoms with Crippen molar-refractivity contribution in [2.45, 2.75) is 12.1 Å². The summed E-state index contributed by atoms with van der Waals surface area (Å²) in [7, 11) is 0. The molecule has 7 heteroatoms. The number of ether oxygens (including phenoxy) is 1. The minimum absolute atomic E-state index is 0.198. The molecule has 1 N–H and O–H groups in total. The van der Waals surface area contributed by atoms with Crippen molar-refractivity contribution in [1.29, 1.82) is 0 Å². The molecule has 0 unspecified atom stereocenters. The van der Waals surface area contributed by atoms with Gasteiger partial charge in [-0.15, -0.1) is 0 Å². The Bertz CT molecular complexity index is 1330. The predicted molar refractivity (Wildman–Crippen MR) is 124 cm³/mol. The Kier molecular flexibility index (Phi) is 4.37. The minimum Gasteiger partial charge on any atom is -0.480 e. The van der Waals surface area contributed by atoms with Gasteiger partial charge >= 0.3 is 0 Å². The quantitative estimate of drug-likeness (QED) is 0.360. The molecule has 5 nitrogen and oxygen atoms in total. The third kappa shape index (κ3) is 2.98. The first-order valence-electron chi connectivity index (χ1n) is 9.87. The van der Waals surface area contributed by atoms with Crippen LogP contribution >= 0.6 is 27.5 Å². The summed E-state index contributed by atoms with van der Waals surface area (Å²) in [5.41, 5.74) is 5.03. The number of nitrogens with zero attached hydrogens (tertiary/aromatic N) is 3. The zero-order valence-corrected chi connectivity index (χ0v) is 18.5. The molecule has 0 spiro atoms. The van der Waals surface area contributed by atoms with Crippen molar-refractivity contribution < 1.29 is 4.74 Å². The summed E-state index contributed by atoms with van der Waals surface area (Å²) in [6.07, 6.45) is 1.20. The third-order valence-corrected chi connectivity index (χ3v) is 6.57. The lowest BCUT2D eigenvalue weighted by atomic mass is 9.84. The van der Waals surface area contributed by atoms with Gasteiger partial charge in [-0.3, -0.25) is 0 Å². The number of benzene rings is 3. The van der Waals surface area contributed by atoms with E-state index in [-0.39, 0.29) is 12.1 Å². The SMILES string of the molecule is Clc1ccccc1[C@@H]1Oc2ccccc2C2=C1[C@H](c1ccc(Br)cc1)n1ncnc1N2. The second kappa shape index (κ2) is 7.25. The minimum atomic E-state index is -0.378. The monoisotopic (exact) mass is 490 g/mol. The number of hydrogen-bond acceptors (Lipinski definition) is 4. The lowest BCUT2D eigenvalue weighted by Crippen LogP contribution is -2.32. The van der Waals surface area contributed by atoms with E-state index in [0.29, 0.717) is 11.0 Å². The van der Waals surface area contributed by atoms with Gasteiger partial charge < -0.3 is 10.1 Å². The summed E-state index contributed by atoms with van der Waals surface area (Å²) in [5.74, 6) is 1.50. The molecule has 6 rings (SSSR count). The summed E-state index contributed by atoms with van der Waals surface area (Å²) < 4.78 is 9.51. The fourth-order valence-corrected chi connectivity index (χ4v) is 4.83. The summed E-state index contributed by atoms with van der Waals surface area (Å²) in [6, 6.07) is 23.9. The van der Waals surface area contributed by atoms with Gasteiger partial charge in [0.2, 0.25) is 5.95 Å². The highest BCUT2D eigenvalue weighted by Crippen LogP contribution is 2.51. The molecule has 2 aliphatic heterocycles. The van der Waals surface area contributed by atoms with Crippen LogP contribution in [0, 0.1) is 0 Å². The van der Waals surface area contributed by atoms with Gasteiger partial charge in [-0.2, -0.15) is 10.1 Å². The Balaban J connectivity index is 1.65. The van der Waals surface area contributed by atoms with E-state index in [1.807, 2.05) is 59.3 Å². The number of hydrogen-bond donors (Lipinski definition) is 1. The van der Waals surface area contributed by atoms with Crippen molar-refractivity contribution in [3.05, 3.63) is 111 Å². The maximum absolute atomic E-state index is 6.65. The van der Waals surface area contributed by atoms with Gasteiger partial charge in [-0.1, -0.05) is 70.0 Å². The summed E-state index contributed by atoms with van der Waals surface area (Å²) in [4.78, 5) is 4.46. The second-order valence-electron chi connectivity index (χ2n) is 7.45. The standard InChI is InChI=1S/C24H16BrClN4O/c25-15-11-9-14(10-12-15)22-20-21(29-24-27-13-28-30(22)24)17-6-2-4-8-19(17)31-23(20)16-5-1-3-7-18(16)26/h1-13,22-23H,(H,27,28,29)/t22-,23-/m0/s1. The lowest BCUT2D eigenvalue weighted by Gasteiger charge is -2.39. The molecule has 3 aromatic carbocycles. The van der Waals surface area contributed by atoms with E-state index in [9.17, 15) is 0 Å². The Labute approximate surface area is 192 Å². The topological polar surface area (TPSA) is 52.0 Å². The maximum atomic E-state index is 6.65. The molecule has 0 saturated heterocycles. The third-order valence-electron chi connectivity index (χ3n) is 5.69. The van der Waals surface area contributed by atoms with E-state index >= 15 is 0 Å². The van der Waals surface area contributed by atoms with E-state index in [1.54, 1.807) is 6.33 Å². The molecule has 2 aliphatic rings. The molecular formula is C24H16BrClN4O. The van der Waals surface area contributed by atoms with Crippen LogP contribution in [0.25, 0.3) is 5.70 Å². The highest BCUT2D eigenvalue weighted by Gasteiger charge is 2.41. The largest absolute Gasteiger partial charge is 0.480 e. The van der Waals surface area contributed by atoms with E-state index in [0.717, 1.165) is 38.2 Å². The van der Waals surface area contributed by atoms with Crippen LogP contribution in [0.15, 0.2) is 89.2 Å². The second-order valence-corrected chi connectivity index (χ2v) is 8.78. The maximum Gasteiger partial charge on any atom is 0.226 e. The lowest BCUT2D eigenvalue weighted by molar-refractivity contribution is 0.223. The average molecular weight is 492 g/mol. The number of halogens is 2. The van der Waals surface area contributed by atoms with Gasteiger partial charge in [-0.25, -0.2) is 4.68 Å². The molecule has 3 heterocycles. The zero-order chi connectivity index (χ0) is 20.9. The molecule has 0 radical (unpaired) electrons. The number of rotatable bonds is 2. The number of nitrogens with one attached hydrogen (secondary N) is 1. The van der Waals surface area contributed by atoms with E-state index in [4.69, 9.17) is 16.3 Å². The molecular weight excluding hydrogens is 476 g/mol. The number of para-hydroxylation sites is 1. The number of aromatic nitrogens is 3. The van der Waals surface area contributed by atoms with Gasteiger partial charge in [0.1, 0.15) is 18.1 Å². The van der Waals surface area contributed by atoms with Crippen LogP contribution in [-0.4, -0.2) is 14.8 Å². The zero-order valence-electron chi connectivity index (χ0n) is 16.2. The summed E-state index contributed by atoms with van der Waals surface area (Å²) >= 11 is 10.2. The van der Waals surface area contributed by atoms with Crippen LogP contribution in [-0.2, 0) is 0 Å². The normalized spacial score (nSPS) is 19.0. The first-order valence-corrected chi connectivity index (χ1v) is 11.0. The molecule has 0 fully saturated rings. The van der Waals surface area contributed by atoms with E-state index in [1.165, 1.54) is 0 Å². The smallest absolute Gasteiger partial charge is 0.226 e. The Morgan fingerprint density at radius 2 is 1.74 bits per heavy atom. The van der Waals surface area contributed by atoms with Crippen molar-refractivity contribution in [2.75, 3.05) is 5.32 Å².